The fourth-order valence-corrected chi connectivity index (χ4v) is 8.19. The summed E-state index contributed by atoms with van der Waals surface area (Å²) in [5.41, 5.74) is 18.4. The smallest absolute Gasteiger partial charge is 0.326 e. The van der Waals surface area contributed by atoms with Gasteiger partial charge in [-0.05, 0) is 73.8 Å². The van der Waals surface area contributed by atoms with Gasteiger partial charge in [-0.1, -0.05) is 102 Å². The van der Waals surface area contributed by atoms with E-state index >= 15 is 0 Å². The molecule has 0 aliphatic carbocycles. The average Bonchev–Trinajstić information content (AvgIpc) is 3.38. The molecule has 0 saturated carbocycles. The molecule has 81 heavy (non-hydrogen) atoms. The molecule has 0 aromatic heterocycles. The first-order chi connectivity index (χ1) is 38.1. The number of rotatable bonds is 37. The standard InChI is InChI=1S/C54H82N12O15/c1-29(2)22-37(63-51(78)40(27-44(70)71)64-47(74)36(19-20-43(68)69)59-45(72)34(55)25-32-14-9-7-10-15-32)48(75)60-35(18-13-21-58-54(56)57)46(73)61-38(23-30(3)4)49(76)62-39(24-31(5)6)50(77)66-42(28-67)52(79)65-41(53(80)81)26-33-16-11-8-12-17-33/h7-12,14-17,29-31,34-42,67H,13,18-28,55H2,1-6H3,(H,59,72)(H,60,75)(H,61,73)(H,62,76)(H,63,78)(H,64,74)(H,65,79)(H,66,77)(H,68,69)(H,70,71)(H,80,81)(H4,56,57,58)/t34-,35-,36-,37-,38-,39-,40-,41-,42-/m0/s1. The Hall–Kier alpha value is -8.20. The minimum Gasteiger partial charge on any atom is -0.481 e. The molecule has 9 atom stereocenters. The third kappa shape index (κ3) is 27.0. The van der Waals surface area contributed by atoms with Crippen LogP contribution in [0.3, 0.4) is 0 Å². The highest BCUT2D eigenvalue weighted by atomic mass is 16.4. The molecule has 0 aliphatic heterocycles. The fourth-order valence-electron chi connectivity index (χ4n) is 8.19. The Bertz CT molecular complexity index is 2460. The number of amides is 8. The predicted molar refractivity (Wildman–Crippen MR) is 296 cm³/mol. The maximum Gasteiger partial charge on any atom is 0.326 e. The van der Waals surface area contributed by atoms with Crippen LogP contribution in [0.2, 0.25) is 0 Å². The highest BCUT2D eigenvalue weighted by Crippen LogP contribution is 2.14. The van der Waals surface area contributed by atoms with Gasteiger partial charge in [0.05, 0.1) is 19.1 Å². The van der Waals surface area contributed by atoms with Gasteiger partial charge in [0.25, 0.3) is 0 Å². The maximum absolute atomic E-state index is 14.3. The van der Waals surface area contributed by atoms with Gasteiger partial charge in [-0.25, -0.2) is 4.79 Å². The second kappa shape index (κ2) is 35.4. The van der Waals surface area contributed by atoms with Crippen molar-refractivity contribution < 1.29 is 73.2 Å². The van der Waals surface area contributed by atoms with Crippen molar-refractivity contribution in [3.63, 3.8) is 0 Å². The molecule has 2 aromatic carbocycles. The van der Waals surface area contributed by atoms with Crippen LogP contribution in [-0.4, -0.2) is 159 Å². The van der Waals surface area contributed by atoms with Gasteiger partial charge in [0.1, 0.15) is 48.3 Å². The Labute approximate surface area is 470 Å². The number of carbonyl (C=O) groups is 11. The average molecular weight is 1140 g/mol. The summed E-state index contributed by atoms with van der Waals surface area (Å²) < 4.78 is 0. The number of nitrogens with zero attached hydrogens (tertiary/aromatic N) is 1. The number of aliphatic hydroxyl groups excluding tert-OH is 1. The summed E-state index contributed by atoms with van der Waals surface area (Å²) in [5, 5.41) is 58.9. The zero-order valence-corrected chi connectivity index (χ0v) is 46.6. The number of aliphatic imine (C=N–C) groups is 1. The first kappa shape index (κ1) is 68.9. The Kier molecular flexibility index (Phi) is 30.1. The number of nitrogens with one attached hydrogen (secondary N) is 8. The highest BCUT2D eigenvalue weighted by molar-refractivity contribution is 5.99. The number of benzene rings is 2. The van der Waals surface area contributed by atoms with Gasteiger partial charge < -0.3 is 80.2 Å². The van der Waals surface area contributed by atoms with Gasteiger partial charge in [-0.3, -0.25) is 52.9 Å². The number of hydrogen-bond acceptors (Lipinski definition) is 14. The summed E-state index contributed by atoms with van der Waals surface area (Å²) in [4.78, 5) is 150. The van der Waals surface area contributed by atoms with Crippen molar-refractivity contribution >= 4 is 71.1 Å². The van der Waals surface area contributed by atoms with Crippen LogP contribution in [0, 0.1) is 17.8 Å². The molecule has 0 saturated heterocycles. The van der Waals surface area contributed by atoms with Crippen LogP contribution < -0.4 is 59.7 Å². The lowest BCUT2D eigenvalue weighted by Gasteiger charge is -2.29. The Morgan fingerprint density at radius 1 is 0.457 bits per heavy atom. The summed E-state index contributed by atoms with van der Waals surface area (Å²) in [6, 6.07) is 3.65. The van der Waals surface area contributed by atoms with E-state index in [9.17, 15) is 73.2 Å². The zero-order valence-electron chi connectivity index (χ0n) is 46.6. The van der Waals surface area contributed by atoms with E-state index in [1.807, 2.05) is 0 Å². The van der Waals surface area contributed by atoms with Crippen molar-refractivity contribution in [2.24, 2.45) is 39.9 Å². The molecule has 18 N–H and O–H groups in total. The molecule has 448 valence electrons. The predicted octanol–water partition coefficient (Wildman–Crippen LogP) is -1.71. The fraction of sp³-hybridized carbons (Fsp3) is 0.556. The third-order valence-corrected chi connectivity index (χ3v) is 12.2. The lowest BCUT2D eigenvalue weighted by Crippen LogP contribution is -2.61. The van der Waals surface area contributed by atoms with E-state index in [0.29, 0.717) is 11.1 Å². The minimum atomic E-state index is -1.89. The summed E-state index contributed by atoms with van der Waals surface area (Å²) >= 11 is 0. The van der Waals surface area contributed by atoms with Crippen LogP contribution in [0.1, 0.15) is 104 Å². The Balaban J connectivity index is 2.41. The van der Waals surface area contributed by atoms with Crippen LogP contribution in [0.5, 0.6) is 0 Å². The Morgan fingerprint density at radius 2 is 0.815 bits per heavy atom. The largest absolute Gasteiger partial charge is 0.481 e. The summed E-state index contributed by atoms with van der Waals surface area (Å²) in [6.45, 7) is 9.43. The molecule has 27 nitrogen and oxygen atoms in total. The van der Waals surface area contributed by atoms with E-state index in [4.69, 9.17) is 17.2 Å². The molecule has 2 rings (SSSR count). The van der Waals surface area contributed by atoms with Gasteiger partial charge in [0.15, 0.2) is 5.96 Å². The first-order valence-corrected chi connectivity index (χ1v) is 26.7. The zero-order chi connectivity index (χ0) is 60.9. The van der Waals surface area contributed by atoms with Gasteiger partial charge in [0, 0.05) is 19.4 Å². The van der Waals surface area contributed by atoms with Crippen LogP contribution >= 0.6 is 0 Å². The van der Waals surface area contributed by atoms with E-state index in [0.717, 1.165) is 0 Å². The monoisotopic (exact) mass is 1140 g/mol. The lowest BCUT2D eigenvalue weighted by atomic mass is 9.99. The summed E-state index contributed by atoms with van der Waals surface area (Å²) in [7, 11) is 0. The van der Waals surface area contributed by atoms with E-state index in [1.54, 1.807) is 102 Å². The van der Waals surface area contributed by atoms with Crippen molar-refractivity contribution in [3.05, 3.63) is 71.8 Å². The number of guanidine groups is 1. The van der Waals surface area contributed by atoms with Crippen molar-refractivity contribution in [2.45, 2.75) is 160 Å². The van der Waals surface area contributed by atoms with E-state index in [-0.39, 0.29) is 75.2 Å². The number of carbonyl (C=O) groups excluding carboxylic acids is 8. The summed E-state index contributed by atoms with van der Waals surface area (Å²) in [5.74, 6) is -13.1. The lowest BCUT2D eigenvalue weighted by molar-refractivity contribution is -0.142. The van der Waals surface area contributed by atoms with Crippen LogP contribution in [0.4, 0.5) is 0 Å². The molecule has 0 bridgehead atoms. The van der Waals surface area contributed by atoms with E-state index in [2.05, 4.69) is 47.5 Å². The van der Waals surface area contributed by atoms with Crippen molar-refractivity contribution in [3.8, 4) is 0 Å². The molecular formula is C54H82N12O15. The summed E-state index contributed by atoms with van der Waals surface area (Å²) in [6.07, 6.45) is -2.38. The number of hydrogen-bond donors (Lipinski definition) is 15. The normalized spacial score (nSPS) is 14.5. The molecule has 0 spiro atoms. The molecule has 8 amide bonds. The van der Waals surface area contributed by atoms with Gasteiger partial charge in [0.2, 0.25) is 47.3 Å². The molecule has 27 heteroatoms. The molecule has 0 radical (unpaired) electrons. The van der Waals surface area contributed by atoms with Gasteiger partial charge in [-0.15, -0.1) is 0 Å². The first-order valence-electron chi connectivity index (χ1n) is 26.7. The van der Waals surface area contributed by atoms with Gasteiger partial charge >= 0.3 is 17.9 Å². The third-order valence-electron chi connectivity index (χ3n) is 12.2. The minimum absolute atomic E-state index is 0.000640. The Morgan fingerprint density at radius 3 is 1.22 bits per heavy atom. The number of carboxylic acid groups (broad SMARTS) is 3. The van der Waals surface area contributed by atoms with E-state index < -0.39 is 145 Å². The number of nitrogens with two attached hydrogens (primary N) is 3. The van der Waals surface area contributed by atoms with Crippen LogP contribution in [-0.2, 0) is 65.6 Å². The van der Waals surface area contributed by atoms with Crippen LogP contribution in [0.15, 0.2) is 65.7 Å². The molecular weight excluding hydrogens is 1060 g/mol. The second-order valence-electron chi connectivity index (χ2n) is 20.9. The van der Waals surface area contributed by atoms with Gasteiger partial charge in [-0.2, -0.15) is 0 Å². The molecule has 0 aliphatic rings. The van der Waals surface area contributed by atoms with Crippen molar-refractivity contribution in [1.82, 2.24) is 42.5 Å². The van der Waals surface area contributed by atoms with Crippen molar-refractivity contribution in [2.75, 3.05) is 13.2 Å². The SMILES string of the molecule is CC(C)C[C@H](NC(=O)[C@H](CC(C)C)NC(=O)[C@H](CCCN=C(N)N)NC(=O)[C@H](CC(C)C)NC(=O)[C@H](CC(=O)O)NC(=O)[C@H](CCC(=O)O)NC(=O)[C@@H](N)Cc1ccccc1)C(=O)N[C@@H](CO)C(=O)N[C@@H](Cc1ccccc1)C(=O)O. The highest BCUT2D eigenvalue weighted by Gasteiger charge is 2.36. The topological polar surface area (TPSA) is 455 Å². The molecule has 0 unspecified atom stereocenters. The molecule has 0 fully saturated rings. The number of aliphatic carboxylic acids is 3. The number of aliphatic hydroxyl groups is 1. The second-order valence-corrected chi connectivity index (χ2v) is 20.9. The quantitative estimate of drug-likeness (QED) is 0.0203. The number of carboxylic acids is 3. The molecule has 0 heterocycles. The maximum atomic E-state index is 14.3. The van der Waals surface area contributed by atoms with Crippen LogP contribution in [0.25, 0.3) is 0 Å². The van der Waals surface area contributed by atoms with E-state index in [1.165, 1.54) is 0 Å². The molecule has 2 aromatic rings. The van der Waals surface area contributed by atoms with Crippen molar-refractivity contribution in [1.29, 1.82) is 0 Å².